The first-order valence-electron chi connectivity index (χ1n) is 2.84. The normalized spacial score (nSPS) is 9.30. The van der Waals surface area contributed by atoms with Gasteiger partial charge in [-0.1, -0.05) is 0 Å². The first-order valence-corrected chi connectivity index (χ1v) is 2.84. The van der Waals surface area contributed by atoms with Crippen LogP contribution < -0.4 is 5.32 Å². The molecule has 5 nitrogen and oxygen atoms in total. The molecule has 1 heterocycles. The van der Waals surface area contributed by atoms with Gasteiger partial charge in [0.05, 0.1) is 6.54 Å². The second kappa shape index (κ2) is 2.95. The highest BCUT2D eigenvalue weighted by Crippen LogP contribution is 1.86. The van der Waals surface area contributed by atoms with Crippen LogP contribution >= 0.6 is 0 Å². The molecule has 0 aliphatic carbocycles. The highest BCUT2D eigenvalue weighted by molar-refractivity contribution is 5.45. The second-order valence-corrected chi connectivity index (χ2v) is 1.80. The number of nitrogens with one attached hydrogen (secondary N) is 1. The Balaban J connectivity index is 2.56. The van der Waals surface area contributed by atoms with Crippen LogP contribution in [0.15, 0.2) is 6.33 Å². The van der Waals surface area contributed by atoms with Crippen LogP contribution in [0.1, 0.15) is 5.82 Å². The largest absolute Gasteiger partial charge is 0.351 e. The zero-order chi connectivity index (χ0) is 7.40. The number of nitrogens with zero attached hydrogens (tertiary/aromatic N) is 3. The van der Waals surface area contributed by atoms with E-state index in [2.05, 4.69) is 15.4 Å². The fourth-order valence-corrected chi connectivity index (χ4v) is 0.613. The number of amides is 1. The summed E-state index contributed by atoms with van der Waals surface area (Å²) in [5, 5.41) is 6.31. The minimum atomic E-state index is 0.431. The van der Waals surface area contributed by atoms with Gasteiger partial charge in [-0.05, 0) is 0 Å². The third kappa shape index (κ3) is 1.31. The summed E-state index contributed by atoms with van der Waals surface area (Å²) in [6, 6.07) is 0. The summed E-state index contributed by atoms with van der Waals surface area (Å²) in [7, 11) is 1.77. The van der Waals surface area contributed by atoms with Crippen molar-refractivity contribution < 1.29 is 4.79 Å². The van der Waals surface area contributed by atoms with Crippen molar-refractivity contribution in [3.8, 4) is 0 Å². The van der Waals surface area contributed by atoms with E-state index in [-0.39, 0.29) is 0 Å². The first-order chi connectivity index (χ1) is 4.84. The topological polar surface area (TPSA) is 59.8 Å². The Hall–Kier alpha value is -1.39. The van der Waals surface area contributed by atoms with E-state index in [0.717, 1.165) is 5.82 Å². The van der Waals surface area contributed by atoms with Crippen molar-refractivity contribution in [2.24, 2.45) is 7.05 Å². The second-order valence-electron chi connectivity index (χ2n) is 1.80. The molecule has 0 saturated carbocycles. The molecule has 54 valence electrons. The molecule has 1 amide bonds. The van der Waals surface area contributed by atoms with E-state index >= 15 is 0 Å². The number of carbonyl (C=O) groups is 1. The van der Waals surface area contributed by atoms with Crippen molar-refractivity contribution in [1.82, 2.24) is 20.1 Å². The van der Waals surface area contributed by atoms with E-state index in [1.54, 1.807) is 11.7 Å². The molecule has 0 saturated heterocycles. The van der Waals surface area contributed by atoms with E-state index in [9.17, 15) is 4.79 Å². The number of rotatable bonds is 3. The van der Waals surface area contributed by atoms with E-state index in [1.165, 1.54) is 6.33 Å². The van der Waals surface area contributed by atoms with Gasteiger partial charge in [0.25, 0.3) is 0 Å². The first kappa shape index (κ1) is 6.73. The van der Waals surface area contributed by atoms with Crippen molar-refractivity contribution >= 4 is 6.41 Å². The third-order valence-electron chi connectivity index (χ3n) is 1.15. The van der Waals surface area contributed by atoms with E-state index in [0.29, 0.717) is 13.0 Å². The Bertz CT molecular complexity index is 219. The molecule has 0 aromatic carbocycles. The molecule has 1 aromatic rings. The quantitative estimate of drug-likeness (QED) is 0.551. The Labute approximate surface area is 58.1 Å². The summed E-state index contributed by atoms with van der Waals surface area (Å²) in [6.07, 6.45) is 2.08. The number of hydrogen-bond acceptors (Lipinski definition) is 3. The minimum Gasteiger partial charge on any atom is -0.351 e. The van der Waals surface area contributed by atoms with Crippen LogP contribution in [0.25, 0.3) is 0 Å². The number of aromatic nitrogens is 3. The summed E-state index contributed by atoms with van der Waals surface area (Å²) >= 11 is 0. The maximum Gasteiger partial charge on any atom is 0.207 e. The lowest BCUT2D eigenvalue weighted by Gasteiger charge is -1.95. The number of aryl methyl sites for hydroxylation is 1. The summed E-state index contributed by atoms with van der Waals surface area (Å²) in [6.45, 7) is 0.431. The number of hydrogen-bond donors (Lipinski definition) is 1. The van der Waals surface area contributed by atoms with Crippen LogP contribution in [0.5, 0.6) is 0 Å². The van der Waals surface area contributed by atoms with Crippen LogP contribution in [-0.2, 0) is 18.4 Å². The van der Waals surface area contributed by atoms with Crippen molar-refractivity contribution in [3.63, 3.8) is 0 Å². The molecule has 0 spiro atoms. The molecule has 0 aliphatic rings. The molecule has 0 unspecified atom stereocenters. The summed E-state index contributed by atoms with van der Waals surface area (Å²) < 4.78 is 1.61. The lowest BCUT2D eigenvalue weighted by Crippen LogP contribution is -2.13. The molecule has 1 rings (SSSR count). The summed E-state index contributed by atoms with van der Waals surface area (Å²) in [5.41, 5.74) is 0. The van der Waals surface area contributed by atoms with Crippen LogP contribution in [0, 0.1) is 0 Å². The van der Waals surface area contributed by atoms with Crippen LogP contribution in [0.2, 0.25) is 0 Å². The van der Waals surface area contributed by atoms with Crippen LogP contribution in [0.4, 0.5) is 0 Å². The zero-order valence-electron chi connectivity index (χ0n) is 5.61. The van der Waals surface area contributed by atoms with Gasteiger partial charge in [0, 0.05) is 7.05 Å². The maximum atomic E-state index is 9.84. The molecule has 0 aliphatic heterocycles. The predicted molar refractivity (Wildman–Crippen MR) is 33.9 cm³/mol. The van der Waals surface area contributed by atoms with Gasteiger partial charge in [0.2, 0.25) is 6.41 Å². The third-order valence-corrected chi connectivity index (χ3v) is 1.15. The summed E-state index contributed by atoms with van der Waals surface area (Å²) in [4.78, 5) is 13.7. The molecule has 0 bridgehead atoms. The van der Waals surface area contributed by atoms with Gasteiger partial charge < -0.3 is 5.32 Å². The molecule has 0 fully saturated rings. The van der Waals surface area contributed by atoms with Crippen molar-refractivity contribution in [2.75, 3.05) is 0 Å². The highest BCUT2D eigenvalue weighted by Gasteiger charge is 1.96. The molecular formula is C5H8N4O. The summed E-state index contributed by atoms with van der Waals surface area (Å²) in [5.74, 6) is 0.743. The van der Waals surface area contributed by atoms with Gasteiger partial charge in [-0.2, -0.15) is 5.10 Å². The van der Waals surface area contributed by atoms with E-state index in [1.807, 2.05) is 0 Å². The minimum absolute atomic E-state index is 0.431. The van der Waals surface area contributed by atoms with Crippen LogP contribution in [-0.4, -0.2) is 21.2 Å². The molecule has 1 aromatic heterocycles. The standard InChI is InChI=1S/C5H8N4O/c1-9-5(2-6-4-10)7-3-8-9/h3-4H,2H2,1H3,(H,6,10). The average Bonchev–Trinajstić information content (AvgIpc) is 2.31. The van der Waals surface area contributed by atoms with Crippen molar-refractivity contribution in [1.29, 1.82) is 0 Å². The smallest absolute Gasteiger partial charge is 0.207 e. The van der Waals surface area contributed by atoms with E-state index in [4.69, 9.17) is 0 Å². The van der Waals surface area contributed by atoms with Gasteiger partial charge in [0.15, 0.2) is 0 Å². The fourth-order valence-electron chi connectivity index (χ4n) is 0.613. The van der Waals surface area contributed by atoms with Gasteiger partial charge in [-0.25, -0.2) is 4.98 Å². The lowest BCUT2D eigenvalue weighted by atomic mass is 10.6. The number of carbonyl (C=O) groups excluding carboxylic acids is 1. The predicted octanol–water partition coefficient (Wildman–Crippen LogP) is -0.939. The Morgan fingerprint density at radius 2 is 2.70 bits per heavy atom. The molecule has 0 atom stereocenters. The monoisotopic (exact) mass is 140 g/mol. The fraction of sp³-hybridized carbons (Fsp3) is 0.400. The van der Waals surface area contributed by atoms with Gasteiger partial charge >= 0.3 is 0 Å². The Morgan fingerprint density at radius 1 is 1.90 bits per heavy atom. The Kier molecular flexibility index (Phi) is 1.99. The molecule has 10 heavy (non-hydrogen) atoms. The molecular weight excluding hydrogens is 132 g/mol. The van der Waals surface area contributed by atoms with Gasteiger partial charge in [0.1, 0.15) is 12.2 Å². The average molecular weight is 140 g/mol. The van der Waals surface area contributed by atoms with Crippen molar-refractivity contribution in [2.45, 2.75) is 6.54 Å². The van der Waals surface area contributed by atoms with Crippen LogP contribution in [0.3, 0.4) is 0 Å². The molecule has 5 heteroatoms. The highest BCUT2D eigenvalue weighted by atomic mass is 16.1. The molecule has 1 N–H and O–H groups in total. The van der Waals surface area contributed by atoms with Gasteiger partial charge in [-0.15, -0.1) is 0 Å². The lowest BCUT2D eigenvalue weighted by molar-refractivity contribution is -0.109. The zero-order valence-corrected chi connectivity index (χ0v) is 5.61. The molecule has 0 radical (unpaired) electrons. The van der Waals surface area contributed by atoms with E-state index < -0.39 is 0 Å². The maximum absolute atomic E-state index is 9.84. The SMILES string of the molecule is Cn1ncnc1CNC=O. The van der Waals surface area contributed by atoms with Gasteiger partial charge in [-0.3, -0.25) is 9.48 Å². The van der Waals surface area contributed by atoms with Crippen molar-refractivity contribution in [3.05, 3.63) is 12.2 Å². The Morgan fingerprint density at radius 3 is 3.20 bits per heavy atom.